The van der Waals surface area contributed by atoms with Gasteiger partial charge in [-0.25, -0.2) is 0 Å². The number of oxime groups is 1. The van der Waals surface area contributed by atoms with Crippen LogP contribution in [0.3, 0.4) is 0 Å². The molecule has 0 bridgehead atoms. The van der Waals surface area contributed by atoms with Crippen molar-refractivity contribution in [2.24, 2.45) is 16.3 Å². The van der Waals surface area contributed by atoms with Gasteiger partial charge in [0, 0.05) is 7.11 Å². The van der Waals surface area contributed by atoms with Gasteiger partial charge in [-0.3, -0.25) is 0 Å². The van der Waals surface area contributed by atoms with Gasteiger partial charge in [0.15, 0.2) is 5.84 Å². The van der Waals surface area contributed by atoms with Crippen molar-refractivity contribution in [3.63, 3.8) is 0 Å². The van der Waals surface area contributed by atoms with Gasteiger partial charge in [0.05, 0.1) is 0 Å². The zero-order chi connectivity index (χ0) is 9.07. The first kappa shape index (κ1) is 10.2. The molecule has 0 aliphatic rings. The van der Waals surface area contributed by atoms with Crippen LogP contribution in [-0.4, -0.2) is 24.3 Å². The van der Waals surface area contributed by atoms with Gasteiger partial charge in [-0.2, -0.15) is 0 Å². The van der Waals surface area contributed by atoms with Crippen LogP contribution in [0.25, 0.3) is 0 Å². The zero-order valence-corrected chi connectivity index (χ0v) is 7.46. The molecule has 0 radical (unpaired) electrons. The minimum absolute atomic E-state index is 0.111. The summed E-state index contributed by atoms with van der Waals surface area (Å²) in [4.78, 5) is 0. The average molecular weight is 160 g/mol. The van der Waals surface area contributed by atoms with E-state index >= 15 is 0 Å². The molecule has 0 saturated carbocycles. The number of hydrogen-bond acceptors (Lipinski definition) is 3. The number of methoxy groups -OCH3 is 1. The minimum atomic E-state index is -0.340. The van der Waals surface area contributed by atoms with Crippen molar-refractivity contribution in [1.82, 2.24) is 0 Å². The Labute approximate surface area is 67.0 Å². The fourth-order valence-electron chi connectivity index (χ4n) is 0.970. The van der Waals surface area contributed by atoms with Crippen molar-refractivity contribution >= 4 is 5.84 Å². The van der Waals surface area contributed by atoms with Gasteiger partial charge >= 0.3 is 0 Å². The molecule has 0 heterocycles. The predicted octanol–water partition coefficient (Wildman–Crippen LogP) is 0.794. The number of hydrogen-bond donors (Lipinski definition) is 2. The lowest BCUT2D eigenvalue weighted by molar-refractivity contribution is 0.0647. The van der Waals surface area contributed by atoms with Crippen molar-refractivity contribution in [2.75, 3.05) is 7.11 Å². The Morgan fingerprint density at radius 1 is 1.55 bits per heavy atom. The van der Waals surface area contributed by atoms with E-state index in [2.05, 4.69) is 5.16 Å². The monoisotopic (exact) mass is 160 g/mol. The molecule has 1 unspecified atom stereocenters. The van der Waals surface area contributed by atoms with E-state index in [0.29, 0.717) is 0 Å². The second-order valence-electron chi connectivity index (χ2n) is 3.51. The highest BCUT2D eigenvalue weighted by molar-refractivity contribution is 5.85. The van der Waals surface area contributed by atoms with Crippen LogP contribution in [0.4, 0.5) is 0 Å². The molecule has 0 saturated heterocycles. The molecule has 4 heteroatoms. The van der Waals surface area contributed by atoms with Crippen molar-refractivity contribution in [1.29, 1.82) is 0 Å². The Hall–Kier alpha value is -0.770. The summed E-state index contributed by atoms with van der Waals surface area (Å²) in [6.45, 7) is 5.87. The van der Waals surface area contributed by atoms with Gasteiger partial charge in [-0.15, -0.1) is 0 Å². The van der Waals surface area contributed by atoms with Crippen LogP contribution in [0.15, 0.2) is 5.16 Å². The van der Waals surface area contributed by atoms with Crippen LogP contribution in [0.1, 0.15) is 20.8 Å². The van der Waals surface area contributed by atoms with E-state index < -0.39 is 0 Å². The third-order valence-electron chi connectivity index (χ3n) is 1.41. The van der Waals surface area contributed by atoms with E-state index in [1.807, 2.05) is 20.8 Å². The Morgan fingerprint density at radius 3 is 2.09 bits per heavy atom. The van der Waals surface area contributed by atoms with Gasteiger partial charge in [-0.1, -0.05) is 25.9 Å². The Balaban J connectivity index is 4.42. The lowest BCUT2D eigenvalue weighted by atomic mass is 9.88. The maximum Gasteiger partial charge on any atom is 0.168 e. The molecule has 0 aromatic carbocycles. The molecule has 0 aliphatic carbocycles. The Bertz CT molecular complexity index is 149. The standard InChI is InChI=1S/C7H16N2O2/c1-7(2,3)5(11-4)6(8)9-10/h5,10H,1-4H3,(H2,8,9). The summed E-state index contributed by atoms with van der Waals surface area (Å²) in [5, 5.41) is 11.3. The molecule has 66 valence electrons. The molecule has 0 aromatic rings. The number of ether oxygens (including phenoxy) is 1. The van der Waals surface area contributed by atoms with E-state index in [-0.39, 0.29) is 17.4 Å². The maximum absolute atomic E-state index is 8.38. The fraction of sp³-hybridized carbons (Fsp3) is 0.857. The first-order chi connectivity index (χ1) is 4.93. The lowest BCUT2D eigenvalue weighted by Crippen LogP contribution is -2.40. The molecule has 3 N–H and O–H groups in total. The van der Waals surface area contributed by atoms with E-state index in [1.54, 1.807) is 0 Å². The van der Waals surface area contributed by atoms with E-state index in [0.717, 1.165) is 0 Å². The third kappa shape index (κ3) is 2.76. The SMILES string of the molecule is COC(C(N)=NO)C(C)(C)C. The predicted molar refractivity (Wildman–Crippen MR) is 43.7 cm³/mol. The highest BCUT2D eigenvalue weighted by Crippen LogP contribution is 2.21. The molecular weight excluding hydrogens is 144 g/mol. The largest absolute Gasteiger partial charge is 0.409 e. The number of amidine groups is 1. The smallest absolute Gasteiger partial charge is 0.168 e. The summed E-state index contributed by atoms with van der Waals surface area (Å²) in [6, 6.07) is 0. The van der Waals surface area contributed by atoms with Gasteiger partial charge in [-0.05, 0) is 5.41 Å². The molecule has 0 aliphatic heterocycles. The average Bonchev–Trinajstić information content (AvgIpc) is 1.86. The van der Waals surface area contributed by atoms with Gasteiger partial charge in [0.1, 0.15) is 6.10 Å². The minimum Gasteiger partial charge on any atom is -0.409 e. The topological polar surface area (TPSA) is 67.8 Å². The normalized spacial score (nSPS) is 16.5. The highest BCUT2D eigenvalue weighted by Gasteiger charge is 2.28. The fourth-order valence-corrected chi connectivity index (χ4v) is 0.970. The second kappa shape index (κ2) is 3.57. The summed E-state index contributed by atoms with van der Waals surface area (Å²) in [7, 11) is 1.54. The van der Waals surface area contributed by atoms with Crippen LogP contribution in [0, 0.1) is 5.41 Å². The summed E-state index contributed by atoms with van der Waals surface area (Å²) in [6.07, 6.45) is -0.340. The van der Waals surface area contributed by atoms with E-state index in [9.17, 15) is 0 Å². The molecule has 4 nitrogen and oxygen atoms in total. The van der Waals surface area contributed by atoms with Crippen LogP contribution in [-0.2, 0) is 4.74 Å². The van der Waals surface area contributed by atoms with E-state index in [4.69, 9.17) is 15.7 Å². The first-order valence-electron chi connectivity index (χ1n) is 3.43. The molecule has 11 heavy (non-hydrogen) atoms. The summed E-state index contributed by atoms with van der Waals surface area (Å²) >= 11 is 0. The number of nitrogens with two attached hydrogens (primary N) is 1. The van der Waals surface area contributed by atoms with Crippen molar-refractivity contribution in [3.05, 3.63) is 0 Å². The molecule has 0 amide bonds. The third-order valence-corrected chi connectivity index (χ3v) is 1.41. The number of rotatable bonds is 2. The van der Waals surface area contributed by atoms with Gasteiger partial charge in [0.25, 0.3) is 0 Å². The molecule has 1 atom stereocenters. The number of nitrogens with zero attached hydrogens (tertiary/aromatic N) is 1. The second-order valence-corrected chi connectivity index (χ2v) is 3.51. The van der Waals surface area contributed by atoms with Gasteiger partial charge in [0.2, 0.25) is 0 Å². The van der Waals surface area contributed by atoms with Crippen LogP contribution < -0.4 is 5.73 Å². The molecule has 0 aromatic heterocycles. The quantitative estimate of drug-likeness (QED) is 0.271. The zero-order valence-electron chi connectivity index (χ0n) is 7.46. The highest BCUT2D eigenvalue weighted by atomic mass is 16.5. The van der Waals surface area contributed by atoms with Crippen LogP contribution in [0.5, 0.6) is 0 Å². The van der Waals surface area contributed by atoms with Crippen molar-refractivity contribution in [2.45, 2.75) is 26.9 Å². The Kier molecular flexibility index (Phi) is 3.32. The lowest BCUT2D eigenvalue weighted by Gasteiger charge is -2.27. The molecule has 0 rings (SSSR count). The molecule has 0 spiro atoms. The summed E-state index contributed by atoms with van der Waals surface area (Å²) in [5.74, 6) is 0.111. The Morgan fingerprint density at radius 2 is 2.00 bits per heavy atom. The van der Waals surface area contributed by atoms with Crippen molar-refractivity contribution < 1.29 is 9.94 Å². The first-order valence-corrected chi connectivity index (χ1v) is 3.43. The molecular formula is C7H16N2O2. The molecule has 0 fully saturated rings. The van der Waals surface area contributed by atoms with Crippen LogP contribution >= 0.6 is 0 Å². The van der Waals surface area contributed by atoms with Crippen molar-refractivity contribution in [3.8, 4) is 0 Å². The van der Waals surface area contributed by atoms with Crippen LogP contribution in [0.2, 0.25) is 0 Å². The summed E-state index contributed by atoms with van der Waals surface area (Å²) in [5.41, 5.74) is 5.24. The summed E-state index contributed by atoms with van der Waals surface area (Å²) < 4.78 is 5.05. The van der Waals surface area contributed by atoms with Gasteiger partial charge < -0.3 is 15.7 Å². The maximum atomic E-state index is 8.38. The van der Waals surface area contributed by atoms with E-state index in [1.165, 1.54) is 7.11 Å².